The van der Waals surface area contributed by atoms with E-state index >= 15 is 0 Å². The van der Waals surface area contributed by atoms with Crippen molar-refractivity contribution in [1.82, 2.24) is 9.88 Å². The molecule has 1 amide bonds. The van der Waals surface area contributed by atoms with Gasteiger partial charge in [0, 0.05) is 33.6 Å². The first-order valence-corrected chi connectivity index (χ1v) is 8.05. The summed E-state index contributed by atoms with van der Waals surface area (Å²) in [5, 5.41) is 0. The van der Waals surface area contributed by atoms with Crippen LogP contribution in [0.1, 0.15) is 27.6 Å². The van der Waals surface area contributed by atoms with Crippen LogP contribution in [-0.4, -0.2) is 55.5 Å². The Morgan fingerprint density at radius 1 is 1.24 bits per heavy atom. The van der Waals surface area contributed by atoms with Crippen molar-refractivity contribution in [2.75, 3.05) is 27.8 Å². The minimum Gasteiger partial charge on any atom is -0.467 e. The van der Waals surface area contributed by atoms with Crippen molar-refractivity contribution in [2.45, 2.75) is 12.1 Å². The van der Waals surface area contributed by atoms with Crippen LogP contribution in [0.5, 0.6) is 0 Å². The van der Waals surface area contributed by atoms with E-state index in [1.54, 1.807) is 39.7 Å². The van der Waals surface area contributed by atoms with Crippen molar-refractivity contribution >= 4 is 11.8 Å². The number of hydrogen-bond donors (Lipinski definition) is 0. The Morgan fingerprint density at radius 3 is 2.68 bits per heavy atom. The number of ether oxygens (including phenoxy) is 2. The van der Waals surface area contributed by atoms with E-state index in [4.69, 9.17) is 9.47 Å². The van der Waals surface area contributed by atoms with E-state index in [1.807, 2.05) is 30.3 Å². The summed E-state index contributed by atoms with van der Waals surface area (Å²) < 4.78 is 11.4. The summed E-state index contributed by atoms with van der Waals surface area (Å²) in [6, 6.07) is 11.5. The number of carbonyl (C=O) groups excluding carboxylic acids is 1. The van der Waals surface area contributed by atoms with Crippen molar-refractivity contribution in [3.63, 3.8) is 0 Å². The van der Waals surface area contributed by atoms with Crippen molar-refractivity contribution in [3.05, 3.63) is 65.5 Å². The van der Waals surface area contributed by atoms with Crippen LogP contribution in [0.15, 0.2) is 53.8 Å². The number of benzene rings is 1. The van der Waals surface area contributed by atoms with Crippen LogP contribution in [-0.2, 0) is 9.47 Å². The van der Waals surface area contributed by atoms with E-state index in [0.29, 0.717) is 23.6 Å². The lowest BCUT2D eigenvalue weighted by atomic mass is 10.0. The average Bonchev–Trinajstić information content (AvgIpc) is 3.06. The highest BCUT2D eigenvalue weighted by Crippen LogP contribution is 2.31. The Balaban J connectivity index is 1.89. The van der Waals surface area contributed by atoms with E-state index in [1.165, 1.54) is 4.90 Å². The predicted molar refractivity (Wildman–Crippen MR) is 94.7 cm³/mol. The van der Waals surface area contributed by atoms with Crippen molar-refractivity contribution in [3.8, 4) is 0 Å². The summed E-state index contributed by atoms with van der Waals surface area (Å²) in [6.07, 6.45) is 2.98. The molecule has 1 aromatic carbocycles. The number of pyridine rings is 1. The maximum atomic E-state index is 12.1. The second-order valence-corrected chi connectivity index (χ2v) is 6.07. The average molecular weight is 339 g/mol. The molecule has 2 unspecified atom stereocenters. The van der Waals surface area contributed by atoms with Gasteiger partial charge in [-0.15, -0.1) is 0 Å². The summed E-state index contributed by atoms with van der Waals surface area (Å²) >= 11 is 0. The molecule has 6 heteroatoms. The molecule has 1 aromatic heterocycles. The van der Waals surface area contributed by atoms with E-state index in [2.05, 4.69) is 9.98 Å². The highest BCUT2D eigenvalue weighted by atomic mass is 16.5. The normalized spacial score (nSPS) is 19.2. The molecule has 1 aliphatic rings. The molecule has 0 radical (unpaired) electrons. The van der Waals surface area contributed by atoms with Crippen LogP contribution in [0, 0.1) is 0 Å². The lowest BCUT2D eigenvalue weighted by Gasteiger charge is -2.17. The molecule has 3 rings (SSSR count). The summed E-state index contributed by atoms with van der Waals surface area (Å²) in [7, 11) is 5.06. The number of methoxy groups -OCH3 is 1. The Morgan fingerprint density at radius 2 is 2.00 bits per heavy atom. The van der Waals surface area contributed by atoms with E-state index in [-0.39, 0.29) is 18.1 Å². The number of nitrogens with zero attached hydrogens (tertiary/aromatic N) is 3. The van der Waals surface area contributed by atoms with Crippen LogP contribution in [0.25, 0.3) is 0 Å². The fourth-order valence-corrected chi connectivity index (χ4v) is 2.75. The third kappa shape index (κ3) is 3.69. The van der Waals surface area contributed by atoms with Gasteiger partial charge in [-0.1, -0.05) is 30.3 Å². The van der Waals surface area contributed by atoms with Crippen LogP contribution in [0.2, 0.25) is 0 Å². The lowest BCUT2D eigenvalue weighted by molar-refractivity contribution is 0.0827. The topological polar surface area (TPSA) is 64.0 Å². The van der Waals surface area contributed by atoms with Gasteiger partial charge in [0.2, 0.25) is 5.90 Å². The van der Waals surface area contributed by atoms with Gasteiger partial charge in [-0.3, -0.25) is 9.78 Å². The molecule has 0 aliphatic carbocycles. The molecule has 0 saturated heterocycles. The molecule has 0 saturated carbocycles. The quantitative estimate of drug-likeness (QED) is 0.839. The summed E-state index contributed by atoms with van der Waals surface area (Å²) in [5.74, 6) is 0.373. The molecular formula is C19H21N3O3. The molecule has 0 fully saturated rings. The molecule has 6 nitrogen and oxygen atoms in total. The third-order valence-electron chi connectivity index (χ3n) is 3.98. The minimum absolute atomic E-state index is 0.110. The van der Waals surface area contributed by atoms with Gasteiger partial charge in [-0.05, 0) is 11.6 Å². The predicted octanol–water partition coefficient (Wildman–Crippen LogP) is 2.32. The van der Waals surface area contributed by atoms with Gasteiger partial charge < -0.3 is 14.4 Å². The van der Waals surface area contributed by atoms with Gasteiger partial charge in [0.1, 0.15) is 6.04 Å². The highest BCUT2D eigenvalue weighted by molar-refractivity contribution is 5.99. The van der Waals surface area contributed by atoms with Crippen molar-refractivity contribution in [2.24, 2.45) is 4.99 Å². The highest BCUT2D eigenvalue weighted by Gasteiger charge is 2.33. The van der Waals surface area contributed by atoms with E-state index in [0.717, 1.165) is 5.56 Å². The maximum absolute atomic E-state index is 12.1. The molecule has 0 bridgehead atoms. The summed E-state index contributed by atoms with van der Waals surface area (Å²) in [4.78, 5) is 22.5. The molecule has 0 N–H and O–H groups in total. The van der Waals surface area contributed by atoms with Gasteiger partial charge in [-0.2, -0.15) is 0 Å². The molecule has 130 valence electrons. The smallest absolute Gasteiger partial charge is 0.254 e. The molecule has 2 aromatic rings. The largest absolute Gasteiger partial charge is 0.467 e. The van der Waals surface area contributed by atoms with Crippen molar-refractivity contribution < 1.29 is 14.3 Å². The van der Waals surface area contributed by atoms with Gasteiger partial charge in [0.25, 0.3) is 5.91 Å². The zero-order valence-electron chi connectivity index (χ0n) is 14.5. The summed E-state index contributed by atoms with van der Waals surface area (Å²) in [6.45, 7) is 0.451. The molecular weight excluding hydrogens is 318 g/mol. The minimum atomic E-state index is -0.218. The first-order valence-electron chi connectivity index (χ1n) is 8.05. The number of amides is 1. The molecule has 25 heavy (non-hydrogen) atoms. The van der Waals surface area contributed by atoms with Gasteiger partial charge >= 0.3 is 0 Å². The first kappa shape index (κ1) is 17.1. The van der Waals surface area contributed by atoms with E-state index in [9.17, 15) is 4.79 Å². The number of carbonyl (C=O) groups is 1. The van der Waals surface area contributed by atoms with Gasteiger partial charge in [-0.25, -0.2) is 4.99 Å². The number of hydrogen-bond acceptors (Lipinski definition) is 5. The third-order valence-corrected chi connectivity index (χ3v) is 3.98. The van der Waals surface area contributed by atoms with Crippen LogP contribution in [0.4, 0.5) is 0 Å². The maximum Gasteiger partial charge on any atom is 0.254 e. The second-order valence-electron chi connectivity index (χ2n) is 6.07. The fraction of sp³-hybridized carbons (Fsp3) is 0.316. The lowest BCUT2D eigenvalue weighted by Crippen LogP contribution is -2.22. The number of aromatic nitrogens is 1. The Labute approximate surface area is 147 Å². The Kier molecular flexibility index (Phi) is 5.09. The standard InChI is InChI=1S/C19H21N3O3/c1-22(2)19(23)15-9-14(10-20-11-15)18-21-16(12-24-3)17(25-18)13-7-5-4-6-8-13/h4-11,16-17H,12H2,1-3H3. The fourth-order valence-electron chi connectivity index (χ4n) is 2.75. The SMILES string of the molecule is COCC1N=C(c2cncc(C(=O)N(C)C)c2)OC1c1ccccc1. The number of rotatable bonds is 5. The van der Waals surface area contributed by atoms with Gasteiger partial charge in [0.05, 0.1) is 17.7 Å². The monoisotopic (exact) mass is 339 g/mol. The molecule has 2 heterocycles. The van der Waals surface area contributed by atoms with Crippen molar-refractivity contribution in [1.29, 1.82) is 0 Å². The second kappa shape index (κ2) is 7.44. The first-order chi connectivity index (χ1) is 12.1. The Hall–Kier alpha value is -2.73. The Bertz CT molecular complexity index is 774. The van der Waals surface area contributed by atoms with Crippen LogP contribution < -0.4 is 0 Å². The summed E-state index contributed by atoms with van der Waals surface area (Å²) in [5.41, 5.74) is 2.23. The van der Waals surface area contributed by atoms with Gasteiger partial charge in [0.15, 0.2) is 6.10 Å². The molecule has 0 spiro atoms. The van der Waals surface area contributed by atoms with Crippen LogP contribution in [0.3, 0.4) is 0 Å². The van der Waals surface area contributed by atoms with E-state index < -0.39 is 0 Å². The van der Waals surface area contributed by atoms with Crippen LogP contribution >= 0.6 is 0 Å². The molecule has 1 aliphatic heterocycles. The zero-order chi connectivity index (χ0) is 17.8. The zero-order valence-corrected chi connectivity index (χ0v) is 14.5. The molecule has 2 atom stereocenters. The number of aliphatic imine (C=N–C) groups is 1.